The lowest BCUT2D eigenvalue weighted by Gasteiger charge is -2.25. The van der Waals surface area contributed by atoms with Crippen LogP contribution in [0.2, 0.25) is 0 Å². The molecule has 4 N–H and O–H groups in total. The number of aromatic nitrogens is 1. The number of phosphoric acid groups is 3. The van der Waals surface area contributed by atoms with Crippen LogP contribution < -0.4 is 0 Å². The molecule has 20 heteroatoms. The quantitative estimate of drug-likeness (QED) is 0.0737. The maximum absolute atomic E-state index is 12.0. The van der Waals surface area contributed by atoms with Crippen molar-refractivity contribution in [1.29, 1.82) is 0 Å². The third kappa shape index (κ3) is 11.3. The molecule has 13 nitrogen and oxygen atoms in total. The highest BCUT2D eigenvalue weighted by Gasteiger charge is 2.43. The van der Waals surface area contributed by atoms with Gasteiger partial charge in [-0.05, 0) is 12.5 Å². The molecule has 1 aromatic rings. The lowest BCUT2D eigenvalue weighted by molar-refractivity contribution is -0.0447. The van der Waals surface area contributed by atoms with Gasteiger partial charge in [-0.1, -0.05) is 34.6 Å². The van der Waals surface area contributed by atoms with Crippen LogP contribution in [0.5, 0.6) is 0 Å². The molecule has 1 fully saturated rings. The molecule has 1 aliphatic heterocycles. The van der Waals surface area contributed by atoms with E-state index in [1.807, 2.05) is 13.0 Å². The summed E-state index contributed by atoms with van der Waals surface area (Å²) in [6, 6.07) is 3.39. The van der Waals surface area contributed by atoms with Crippen molar-refractivity contribution in [3.63, 3.8) is 0 Å². The van der Waals surface area contributed by atoms with Crippen molar-refractivity contribution in [3.8, 4) is 0 Å². The maximum Gasteiger partial charge on any atom is 0.490 e. The molecule has 2 rings (SSSR count). The first kappa shape index (κ1) is 30.2. The van der Waals surface area contributed by atoms with Crippen LogP contribution in [-0.2, 0) is 36.3 Å². The number of hydrogen-bond acceptors (Lipinski definition) is 11. The molecular formula is C13H22BINO12P3S2. The van der Waals surface area contributed by atoms with Gasteiger partial charge >= 0.3 is 23.5 Å². The minimum absolute atomic E-state index is 0.233. The molecule has 2 heterocycles. The summed E-state index contributed by atoms with van der Waals surface area (Å²) >= 11 is 2.12. The SMILES string of the molecule is CCSSC(OC1CC(BI)OC1COP(=O)(O)OP(=O)(O)OP(=O)(O)O)c1cccnc1. The zero-order chi connectivity index (χ0) is 24.7. The predicted molar refractivity (Wildman–Crippen MR) is 132 cm³/mol. The molecule has 0 bridgehead atoms. The summed E-state index contributed by atoms with van der Waals surface area (Å²) in [7, 11) is -13.3. The first-order valence-corrected chi connectivity index (χ1v) is 17.6. The molecule has 0 aliphatic carbocycles. The Bertz CT molecular complexity index is 901. The molecule has 0 amide bonds. The number of pyridine rings is 1. The lowest BCUT2D eigenvalue weighted by Crippen LogP contribution is -2.29. The van der Waals surface area contributed by atoms with Crippen LogP contribution >= 0.6 is 67.4 Å². The van der Waals surface area contributed by atoms with Gasteiger partial charge in [0.15, 0.2) is 0 Å². The summed E-state index contributed by atoms with van der Waals surface area (Å²) in [4.78, 5) is 40.3. The van der Waals surface area contributed by atoms with E-state index in [9.17, 15) is 23.5 Å². The van der Waals surface area contributed by atoms with E-state index in [-0.39, 0.29) is 6.00 Å². The predicted octanol–water partition coefficient (Wildman–Crippen LogP) is 3.11. The smallest absolute Gasteiger partial charge is 0.377 e. The van der Waals surface area contributed by atoms with Crippen molar-refractivity contribution in [2.24, 2.45) is 0 Å². The molecule has 0 saturated carbocycles. The van der Waals surface area contributed by atoms with Crippen LogP contribution in [-0.4, -0.2) is 60.3 Å². The number of phosphoric ester groups is 1. The Morgan fingerprint density at radius 2 is 2.00 bits per heavy atom. The van der Waals surface area contributed by atoms with E-state index in [4.69, 9.17) is 23.8 Å². The summed E-state index contributed by atoms with van der Waals surface area (Å²) in [5.41, 5.74) is 0.396. The monoisotopic (exact) mass is 679 g/mol. The van der Waals surface area contributed by atoms with E-state index in [0.29, 0.717) is 11.6 Å². The summed E-state index contributed by atoms with van der Waals surface area (Å²) < 4.78 is 58.5. The van der Waals surface area contributed by atoms with Crippen molar-refractivity contribution in [2.75, 3.05) is 12.4 Å². The Hall–Kier alpha value is 0.975. The molecule has 0 spiro atoms. The maximum atomic E-state index is 12.0. The van der Waals surface area contributed by atoms with Crippen molar-refractivity contribution < 1.29 is 55.9 Å². The van der Waals surface area contributed by atoms with E-state index in [0.717, 1.165) is 11.3 Å². The Kier molecular flexibility index (Phi) is 12.4. The second-order valence-electron chi connectivity index (χ2n) is 6.37. The van der Waals surface area contributed by atoms with Gasteiger partial charge in [-0.2, -0.15) is 31.0 Å². The van der Waals surface area contributed by atoms with E-state index < -0.39 is 47.7 Å². The standard InChI is InChI=1S/C13H22BINO12P3S2/c1-2-32-33-13(9-4-3-5-16-7-9)26-10-6-12(14-15)25-11(10)8-24-30(20,21)28-31(22,23)27-29(17,18)19/h3-5,7,10-14H,2,6,8H2,1H3,(H,20,21)(H,22,23)(H2,17,18,19). The van der Waals surface area contributed by atoms with Crippen molar-refractivity contribution >= 4 is 72.6 Å². The van der Waals surface area contributed by atoms with E-state index in [1.54, 1.807) is 29.3 Å². The molecule has 0 radical (unpaired) electrons. The van der Waals surface area contributed by atoms with Gasteiger partial charge in [0.25, 0.3) is 0 Å². The fourth-order valence-corrected chi connectivity index (χ4v) is 8.17. The number of nitrogens with zero attached hydrogens (tertiary/aromatic N) is 1. The van der Waals surface area contributed by atoms with Crippen molar-refractivity contribution in [2.45, 2.75) is 37.0 Å². The first-order chi connectivity index (χ1) is 15.3. The highest BCUT2D eigenvalue weighted by molar-refractivity contribution is 14.1. The van der Waals surface area contributed by atoms with Gasteiger partial charge in [-0.3, -0.25) is 9.51 Å². The van der Waals surface area contributed by atoms with Crippen LogP contribution in [0.1, 0.15) is 24.3 Å². The topological polar surface area (TPSA) is 191 Å². The summed E-state index contributed by atoms with van der Waals surface area (Å²) in [6.45, 7) is 1.43. The zero-order valence-corrected chi connectivity index (χ0v) is 23.5. The Balaban J connectivity index is 2.06. The van der Waals surface area contributed by atoms with E-state index in [1.165, 1.54) is 10.8 Å². The van der Waals surface area contributed by atoms with Crippen molar-refractivity contribution in [3.05, 3.63) is 30.1 Å². The van der Waals surface area contributed by atoms with E-state index in [2.05, 4.69) is 36.0 Å². The largest absolute Gasteiger partial charge is 0.490 e. The summed E-state index contributed by atoms with van der Waals surface area (Å²) in [5, 5.41) is 0.609. The van der Waals surface area contributed by atoms with Crippen LogP contribution in [0.15, 0.2) is 24.5 Å². The average Bonchev–Trinajstić information content (AvgIpc) is 3.09. The lowest BCUT2D eigenvalue weighted by atomic mass is 9.96. The van der Waals surface area contributed by atoms with Gasteiger partial charge in [0, 0.05) is 29.7 Å². The molecule has 33 heavy (non-hydrogen) atoms. The fraction of sp³-hybridized carbons (Fsp3) is 0.615. The Morgan fingerprint density at radius 1 is 1.27 bits per heavy atom. The molecule has 0 aromatic carbocycles. The van der Waals surface area contributed by atoms with Gasteiger partial charge in [0.1, 0.15) is 11.5 Å². The Labute approximate surface area is 212 Å². The van der Waals surface area contributed by atoms with Crippen LogP contribution in [0.25, 0.3) is 0 Å². The normalized spacial score (nSPS) is 25.8. The average molecular weight is 679 g/mol. The number of ether oxygens (including phenoxy) is 2. The number of rotatable bonds is 14. The second kappa shape index (κ2) is 13.5. The minimum Gasteiger partial charge on any atom is -0.377 e. The zero-order valence-electron chi connectivity index (χ0n) is 17.0. The van der Waals surface area contributed by atoms with Gasteiger partial charge in [0.2, 0.25) is 5.14 Å². The third-order valence-corrected chi connectivity index (χ3v) is 11.1. The van der Waals surface area contributed by atoms with Crippen molar-refractivity contribution in [1.82, 2.24) is 4.98 Å². The fourth-order valence-electron chi connectivity index (χ4n) is 2.62. The molecule has 1 saturated heterocycles. The van der Waals surface area contributed by atoms with Gasteiger partial charge in [-0.15, -0.1) is 0 Å². The van der Waals surface area contributed by atoms with Crippen LogP contribution in [0.3, 0.4) is 0 Å². The highest BCUT2D eigenvalue weighted by atomic mass is 127. The summed E-state index contributed by atoms with van der Waals surface area (Å²) in [5.74, 6) is 0.831. The van der Waals surface area contributed by atoms with Gasteiger partial charge in [0.05, 0.1) is 12.7 Å². The summed E-state index contributed by atoms with van der Waals surface area (Å²) in [6.07, 6.45) is 2.37. The molecule has 6 atom stereocenters. The highest BCUT2D eigenvalue weighted by Crippen LogP contribution is 2.66. The van der Waals surface area contributed by atoms with Crippen LogP contribution in [0.4, 0.5) is 0 Å². The Morgan fingerprint density at radius 3 is 2.58 bits per heavy atom. The van der Waals surface area contributed by atoms with Gasteiger partial charge < -0.3 is 29.0 Å². The third-order valence-electron chi connectivity index (χ3n) is 3.80. The molecule has 1 aromatic heterocycles. The molecular weight excluding hydrogens is 657 g/mol. The second-order valence-corrected chi connectivity index (χ2v) is 14.4. The van der Waals surface area contributed by atoms with E-state index >= 15 is 0 Å². The van der Waals surface area contributed by atoms with Crippen LogP contribution in [0, 0.1) is 0 Å². The molecule has 188 valence electrons. The first-order valence-electron chi connectivity index (χ1n) is 9.17. The number of halogens is 1. The minimum atomic E-state index is -5.59. The molecule has 6 unspecified atom stereocenters. The van der Waals surface area contributed by atoms with Gasteiger partial charge in [-0.25, -0.2) is 13.7 Å². The number of hydrogen-bond donors (Lipinski definition) is 4. The molecule has 1 aliphatic rings.